The van der Waals surface area contributed by atoms with E-state index >= 15 is 0 Å². The summed E-state index contributed by atoms with van der Waals surface area (Å²) < 4.78 is 11.7. The number of aliphatic hydroxyl groups is 1. The highest BCUT2D eigenvalue weighted by Gasteiger charge is 2.55. The van der Waals surface area contributed by atoms with E-state index < -0.39 is 11.0 Å². The van der Waals surface area contributed by atoms with E-state index in [9.17, 15) is 15.2 Å². The third-order valence-electron chi connectivity index (χ3n) is 7.69. The van der Waals surface area contributed by atoms with Crippen LogP contribution in [0.25, 0.3) is 0 Å². The van der Waals surface area contributed by atoms with Crippen molar-refractivity contribution in [3.63, 3.8) is 0 Å². The summed E-state index contributed by atoms with van der Waals surface area (Å²) in [5, 5.41) is 23.9. The van der Waals surface area contributed by atoms with Gasteiger partial charge in [0.05, 0.1) is 17.1 Å². The van der Waals surface area contributed by atoms with E-state index in [0.29, 0.717) is 34.5 Å². The lowest BCUT2D eigenvalue weighted by molar-refractivity contribution is -0.137. The Hall–Kier alpha value is -1.65. The summed E-state index contributed by atoms with van der Waals surface area (Å²) in [7, 11) is 0. The Kier molecular flexibility index (Phi) is 5.29. The van der Waals surface area contributed by atoms with Crippen molar-refractivity contribution in [3.8, 4) is 11.8 Å². The van der Waals surface area contributed by atoms with Crippen LogP contribution in [0.2, 0.25) is 0 Å². The second-order valence-corrected chi connectivity index (χ2v) is 12.2. The van der Waals surface area contributed by atoms with Crippen LogP contribution in [0.3, 0.4) is 0 Å². The van der Waals surface area contributed by atoms with Crippen molar-refractivity contribution >= 4 is 17.7 Å². The van der Waals surface area contributed by atoms with E-state index in [1.807, 2.05) is 13.8 Å². The lowest BCUT2D eigenvalue weighted by atomic mass is 9.52. The smallest absolute Gasteiger partial charge is 0.288 e. The van der Waals surface area contributed by atoms with Gasteiger partial charge in [-0.3, -0.25) is 4.79 Å². The van der Waals surface area contributed by atoms with Crippen LogP contribution in [0, 0.1) is 34.5 Å². The third kappa shape index (κ3) is 4.09. The zero-order valence-corrected chi connectivity index (χ0v) is 19.2. The van der Waals surface area contributed by atoms with Gasteiger partial charge in [-0.1, -0.05) is 6.42 Å². The fourth-order valence-corrected chi connectivity index (χ4v) is 7.45. The Morgan fingerprint density at radius 1 is 1.35 bits per heavy atom. The van der Waals surface area contributed by atoms with E-state index in [2.05, 4.69) is 11.4 Å². The maximum atomic E-state index is 13.3. The van der Waals surface area contributed by atoms with Crippen molar-refractivity contribution in [3.05, 3.63) is 12.0 Å². The van der Waals surface area contributed by atoms with Crippen molar-refractivity contribution < 1.29 is 19.1 Å². The van der Waals surface area contributed by atoms with Crippen molar-refractivity contribution in [2.75, 3.05) is 6.61 Å². The number of rotatable bonds is 7. The molecule has 2 atom stereocenters. The van der Waals surface area contributed by atoms with Crippen LogP contribution in [-0.2, 0) is 0 Å². The summed E-state index contributed by atoms with van der Waals surface area (Å²) in [6, 6.07) is 2.36. The fraction of sp³-hybridized carbons (Fsp3) is 0.750. The predicted octanol–water partition coefficient (Wildman–Crippen LogP) is 4.52. The fourth-order valence-electron chi connectivity index (χ4n) is 6.08. The number of amides is 1. The standard InChI is InChI=1S/C24H32N2O4S/c1-23(2,12-25)13-30-18-11-29-20(21(18)31-17-4-3-5-17)22(27)26-19-15-6-14-7-16(19)10-24(28,8-14)9-15/h11,14-17,19,28H,3-10,13H2,1-2H3,(H,26,27)/t14?,15?,16?,19-,24-. The van der Waals surface area contributed by atoms with Crippen LogP contribution in [-0.4, -0.2) is 34.5 Å². The molecule has 0 aliphatic heterocycles. The first kappa shape index (κ1) is 21.2. The van der Waals surface area contributed by atoms with Gasteiger partial charge in [0.1, 0.15) is 17.8 Å². The van der Waals surface area contributed by atoms with Gasteiger partial charge in [0.2, 0.25) is 5.76 Å². The summed E-state index contributed by atoms with van der Waals surface area (Å²) in [5.41, 5.74) is -1.12. The van der Waals surface area contributed by atoms with E-state index in [0.717, 1.165) is 49.8 Å². The largest absolute Gasteiger partial charge is 0.487 e. The number of hydrogen-bond acceptors (Lipinski definition) is 6. The van der Waals surface area contributed by atoms with Gasteiger partial charge >= 0.3 is 0 Å². The summed E-state index contributed by atoms with van der Waals surface area (Å²) in [5.74, 6) is 2.02. The Morgan fingerprint density at radius 3 is 2.65 bits per heavy atom. The van der Waals surface area contributed by atoms with Gasteiger partial charge in [-0.25, -0.2) is 0 Å². The summed E-state index contributed by atoms with van der Waals surface area (Å²) >= 11 is 1.66. The van der Waals surface area contributed by atoms with Gasteiger partial charge in [-0.05, 0) is 76.5 Å². The molecule has 5 aliphatic carbocycles. The van der Waals surface area contributed by atoms with E-state index in [-0.39, 0.29) is 18.6 Å². The molecule has 7 heteroatoms. The first-order valence-electron chi connectivity index (χ1n) is 11.6. The quantitative estimate of drug-likeness (QED) is 0.642. The minimum absolute atomic E-state index is 0.109. The Morgan fingerprint density at radius 2 is 2.06 bits per heavy atom. The third-order valence-corrected chi connectivity index (χ3v) is 9.11. The molecule has 1 aromatic heterocycles. The minimum atomic E-state index is -0.612. The topological polar surface area (TPSA) is 95.5 Å². The number of nitrogens with zero attached hydrogens (tertiary/aromatic N) is 1. The number of furan rings is 1. The van der Waals surface area contributed by atoms with Crippen LogP contribution in [0.4, 0.5) is 0 Å². The van der Waals surface area contributed by atoms with Gasteiger partial charge in [0.25, 0.3) is 5.91 Å². The van der Waals surface area contributed by atoms with Gasteiger partial charge in [-0.2, -0.15) is 5.26 Å². The van der Waals surface area contributed by atoms with Crippen LogP contribution in [0.1, 0.15) is 75.8 Å². The molecule has 31 heavy (non-hydrogen) atoms. The van der Waals surface area contributed by atoms with Crippen molar-refractivity contribution in [1.29, 1.82) is 5.26 Å². The SMILES string of the molecule is CC(C)(C#N)COc1coc(C(=O)N[C@H]2C3CC4CC2C[C@](O)(C4)C3)c1SC1CCC1. The second-order valence-electron chi connectivity index (χ2n) is 10.9. The molecule has 5 fully saturated rings. The van der Waals surface area contributed by atoms with Crippen LogP contribution in [0.15, 0.2) is 15.6 Å². The molecule has 2 unspecified atom stereocenters. The lowest BCUT2D eigenvalue weighted by Gasteiger charge is -2.58. The zero-order chi connectivity index (χ0) is 21.8. The highest BCUT2D eigenvalue weighted by Crippen LogP contribution is 2.55. The highest BCUT2D eigenvalue weighted by molar-refractivity contribution is 8.00. The number of ether oxygens (including phenoxy) is 1. The molecule has 5 aliphatic rings. The number of nitriles is 1. The highest BCUT2D eigenvalue weighted by atomic mass is 32.2. The van der Waals surface area contributed by atoms with E-state index in [1.165, 1.54) is 12.7 Å². The maximum absolute atomic E-state index is 13.3. The zero-order valence-electron chi connectivity index (χ0n) is 18.4. The Balaban J connectivity index is 1.33. The van der Waals surface area contributed by atoms with Gasteiger partial charge in [0.15, 0.2) is 5.75 Å². The number of nitrogens with one attached hydrogen (secondary N) is 1. The van der Waals surface area contributed by atoms with E-state index in [1.54, 1.807) is 11.8 Å². The van der Waals surface area contributed by atoms with Crippen LogP contribution >= 0.6 is 11.8 Å². The van der Waals surface area contributed by atoms with Crippen molar-refractivity contribution in [2.24, 2.45) is 23.2 Å². The summed E-state index contributed by atoms with van der Waals surface area (Å²) in [4.78, 5) is 14.1. The van der Waals surface area contributed by atoms with Crippen molar-refractivity contribution in [1.82, 2.24) is 5.32 Å². The minimum Gasteiger partial charge on any atom is -0.487 e. The molecule has 1 amide bonds. The molecule has 4 bridgehead atoms. The van der Waals surface area contributed by atoms with Crippen LogP contribution < -0.4 is 10.1 Å². The molecule has 0 radical (unpaired) electrons. The Bertz CT molecular complexity index is 884. The molecule has 6 nitrogen and oxygen atoms in total. The molecule has 1 aromatic rings. The average molecular weight is 445 g/mol. The monoisotopic (exact) mass is 444 g/mol. The first-order valence-corrected chi connectivity index (χ1v) is 12.5. The normalized spacial score (nSPS) is 34.3. The number of hydrogen-bond donors (Lipinski definition) is 2. The van der Waals surface area contributed by atoms with E-state index in [4.69, 9.17) is 9.15 Å². The molecule has 2 N–H and O–H groups in total. The van der Waals surface area contributed by atoms with Gasteiger partial charge in [-0.15, -0.1) is 11.8 Å². The Labute approximate surface area is 188 Å². The molecule has 168 valence electrons. The molecule has 6 rings (SSSR count). The number of carbonyl (C=O) groups is 1. The molecule has 1 heterocycles. The molecule has 0 spiro atoms. The predicted molar refractivity (Wildman–Crippen MR) is 117 cm³/mol. The number of carbonyl (C=O) groups excluding carboxylic acids is 1. The van der Waals surface area contributed by atoms with Crippen LogP contribution in [0.5, 0.6) is 5.75 Å². The van der Waals surface area contributed by atoms with Gasteiger partial charge < -0.3 is 19.6 Å². The molecular formula is C24H32N2O4S. The summed E-state index contributed by atoms with van der Waals surface area (Å²) in [6.45, 7) is 3.91. The van der Waals surface area contributed by atoms with Gasteiger partial charge in [0, 0.05) is 11.3 Å². The second kappa shape index (κ2) is 7.74. The maximum Gasteiger partial charge on any atom is 0.288 e. The molecular weight excluding hydrogens is 412 g/mol. The molecule has 5 saturated carbocycles. The van der Waals surface area contributed by atoms with Crippen molar-refractivity contribution in [2.45, 2.75) is 87.0 Å². The molecule has 0 aromatic carbocycles. The lowest BCUT2D eigenvalue weighted by Crippen LogP contribution is -2.61. The summed E-state index contributed by atoms with van der Waals surface area (Å²) in [6.07, 6.45) is 9.72. The molecule has 0 saturated heterocycles. The number of thioether (sulfide) groups is 1. The average Bonchev–Trinajstić information content (AvgIpc) is 3.07. The first-order chi connectivity index (χ1) is 14.8.